The molecule has 0 heterocycles. The highest BCUT2D eigenvalue weighted by Crippen LogP contribution is 2.16. The first-order valence-electron chi connectivity index (χ1n) is 4.08. The Hall–Kier alpha value is -0.570. The number of hydrogen-bond acceptors (Lipinski definition) is 3. The summed E-state index contributed by atoms with van der Waals surface area (Å²) in [6.07, 6.45) is -0.746. The van der Waals surface area contributed by atoms with Gasteiger partial charge < -0.3 is 4.74 Å². The Balaban J connectivity index is 4.15. The molecule has 76 valence electrons. The summed E-state index contributed by atoms with van der Waals surface area (Å²) in [6, 6.07) is 0. The van der Waals surface area contributed by atoms with Gasteiger partial charge in [0.05, 0.1) is 11.3 Å². The molecule has 0 aliphatic rings. The summed E-state index contributed by atoms with van der Waals surface area (Å²) >= 11 is 5.30. The van der Waals surface area contributed by atoms with Crippen molar-refractivity contribution in [1.82, 2.24) is 0 Å². The third-order valence-corrected chi connectivity index (χ3v) is 1.74. The molecule has 13 heavy (non-hydrogen) atoms. The third kappa shape index (κ3) is 4.27. The van der Waals surface area contributed by atoms with Crippen LogP contribution >= 0.6 is 11.6 Å². The summed E-state index contributed by atoms with van der Waals surface area (Å²) in [7, 11) is 0. The highest BCUT2D eigenvalue weighted by molar-refractivity contribution is 6.28. The minimum absolute atomic E-state index is 0.126. The van der Waals surface area contributed by atoms with Crippen LogP contribution in [0.15, 0.2) is 0 Å². The zero-order valence-electron chi connectivity index (χ0n) is 8.39. The van der Waals surface area contributed by atoms with E-state index in [4.69, 9.17) is 16.3 Å². The van der Waals surface area contributed by atoms with Gasteiger partial charge in [-0.2, -0.15) is 0 Å². The molecular formula is C9H15ClO3. The second kappa shape index (κ2) is 4.61. The third-order valence-electron chi connectivity index (χ3n) is 1.48. The van der Waals surface area contributed by atoms with Gasteiger partial charge in [0, 0.05) is 0 Å². The number of carbonyl (C=O) groups excluding carboxylic acids is 2. The molecule has 0 aliphatic heterocycles. The van der Waals surface area contributed by atoms with E-state index in [0.717, 1.165) is 0 Å². The molecule has 1 atom stereocenters. The average Bonchev–Trinajstić information content (AvgIpc) is 2.01. The Morgan fingerprint density at radius 1 is 1.38 bits per heavy atom. The van der Waals surface area contributed by atoms with Crippen LogP contribution in [0.1, 0.15) is 27.7 Å². The maximum Gasteiger partial charge on any atom is 0.311 e. The summed E-state index contributed by atoms with van der Waals surface area (Å²) in [6.45, 7) is 6.71. The van der Waals surface area contributed by atoms with E-state index in [1.165, 1.54) is 6.92 Å². The van der Waals surface area contributed by atoms with Crippen LogP contribution in [0.4, 0.5) is 0 Å². The zero-order chi connectivity index (χ0) is 10.6. The molecule has 0 spiro atoms. The van der Waals surface area contributed by atoms with Crippen molar-refractivity contribution in [3.63, 3.8) is 0 Å². The van der Waals surface area contributed by atoms with Gasteiger partial charge in [-0.05, 0) is 27.7 Å². The van der Waals surface area contributed by atoms with Crippen molar-refractivity contribution >= 4 is 23.4 Å². The molecule has 0 radical (unpaired) electrons. The highest BCUT2D eigenvalue weighted by Gasteiger charge is 2.26. The van der Waals surface area contributed by atoms with Crippen molar-refractivity contribution in [3.05, 3.63) is 0 Å². The van der Waals surface area contributed by atoms with Crippen LogP contribution in [0.25, 0.3) is 0 Å². The predicted molar refractivity (Wildman–Crippen MR) is 50.7 cm³/mol. The van der Waals surface area contributed by atoms with Gasteiger partial charge >= 0.3 is 5.97 Å². The number of hydrogen-bond donors (Lipinski definition) is 0. The molecule has 0 rings (SSSR count). The number of rotatable bonds is 3. The molecule has 0 saturated heterocycles. The molecule has 3 nitrogen and oxygen atoms in total. The van der Waals surface area contributed by atoms with Crippen LogP contribution in [-0.4, -0.2) is 23.7 Å². The van der Waals surface area contributed by atoms with E-state index < -0.39 is 17.5 Å². The van der Waals surface area contributed by atoms with E-state index in [0.29, 0.717) is 0 Å². The maximum atomic E-state index is 11.3. The Morgan fingerprint density at radius 3 is 2.15 bits per heavy atom. The number of ketones is 1. The minimum Gasteiger partial charge on any atom is -0.454 e. The Labute approximate surface area is 83.4 Å². The Kier molecular flexibility index (Phi) is 4.40. The van der Waals surface area contributed by atoms with Gasteiger partial charge in [-0.25, -0.2) is 0 Å². The number of ether oxygens (including phenoxy) is 1. The van der Waals surface area contributed by atoms with Crippen molar-refractivity contribution in [2.45, 2.75) is 33.8 Å². The van der Waals surface area contributed by atoms with Gasteiger partial charge in [-0.1, -0.05) is 0 Å². The normalized spacial score (nSPS) is 13.6. The first-order chi connectivity index (χ1) is 5.79. The molecule has 0 aromatic heterocycles. The number of esters is 1. The fourth-order valence-corrected chi connectivity index (χ4v) is 0.729. The van der Waals surface area contributed by atoms with Crippen LogP contribution in [0.2, 0.25) is 0 Å². The molecular weight excluding hydrogens is 192 g/mol. The molecule has 0 amide bonds. The smallest absolute Gasteiger partial charge is 0.311 e. The number of carbonyl (C=O) groups is 2. The Morgan fingerprint density at radius 2 is 1.85 bits per heavy atom. The quantitative estimate of drug-likeness (QED) is 0.522. The highest BCUT2D eigenvalue weighted by atomic mass is 35.5. The van der Waals surface area contributed by atoms with Gasteiger partial charge in [0.15, 0.2) is 11.9 Å². The van der Waals surface area contributed by atoms with Crippen molar-refractivity contribution in [2.24, 2.45) is 5.41 Å². The van der Waals surface area contributed by atoms with E-state index in [1.807, 2.05) is 0 Å². The summed E-state index contributed by atoms with van der Waals surface area (Å²) < 4.78 is 4.89. The minimum atomic E-state index is -0.746. The van der Waals surface area contributed by atoms with Crippen molar-refractivity contribution in [3.8, 4) is 0 Å². The summed E-state index contributed by atoms with van der Waals surface area (Å²) in [5.41, 5.74) is -0.582. The van der Waals surface area contributed by atoms with Gasteiger partial charge in [0.1, 0.15) is 0 Å². The van der Waals surface area contributed by atoms with Gasteiger partial charge in [-0.3, -0.25) is 9.59 Å². The molecule has 0 saturated carbocycles. The van der Waals surface area contributed by atoms with E-state index in [-0.39, 0.29) is 11.7 Å². The molecule has 0 aromatic carbocycles. The molecule has 0 unspecified atom stereocenters. The van der Waals surface area contributed by atoms with Crippen molar-refractivity contribution in [1.29, 1.82) is 0 Å². The lowest BCUT2D eigenvalue weighted by atomic mass is 9.97. The molecule has 0 fully saturated rings. The van der Waals surface area contributed by atoms with Crippen LogP contribution in [0, 0.1) is 5.41 Å². The van der Waals surface area contributed by atoms with Crippen LogP contribution < -0.4 is 0 Å². The standard InChI is InChI=1S/C9H15ClO3/c1-6(7(11)5-10)13-8(12)9(2,3)4/h6H,5H2,1-4H3/t6-/m1/s1. The molecule has 0 aliphatic carbocycles. The van der Waals surface area contributed by atoms with E-state index >= 15 is 0 Å². The first kappa shape index (κ1) is 12.4. The summed E-state index contributed by atoms with van der Waals surface area (Å²) in [5, 5.41) is 0. The van der Waals surface area contributed by atoms with Gasteiger partial charge in [0.2, 0.25) is 0 Å². The van der Waals surface area contributed by atoms with Crippen LogP contribution in [-0.2, 0) is 14.3 Å². The largest absolute Gasteiger partial charge is 0.454 e. The lowest BCUT2D eigenvalue weighted by Crippen LogP contribution is -2.31. The number of Topliss-reactive ketones (excluding diaryl/α,β-unsaturated/α-hetero) is 1. The topological polar surface area (TPSA) is 43.4 Å². The van der Waals surface area contributed by atoms with Gasteiger partial charge in [-0.15, -0.1) is 11.6 Å². The molecule has 0 bridgehead atoms. The molecule has 0 aromatic rings. The lowest BCUT2D eigenvalue weighted by Gasteiger charge is -2.19. The zero-order valence-corrected chi connectivity index (χ0v) is 9.14. The number of alkyl halides is 1. The SMILES string of the molecule is C[C@@H](OC(=O)C(C)(C)C)C(=O)CCl. The lowest BCUT2D eigenvalue weighted by molar-refractivity contribution is -0.161. The van der Waals surface area contributed by atoms with Gasteiger partial charge in [0.25, 0.3) is 0 Å². The fourth-order valence-electron chi connectivity index (χ4n) is 0.512. The maximum absolute atomic E-state index is 11.3. The predicted octanol–water partition coefficient (Wildman–Crippen LogP) is 1.77. The van der Waals surface area contributed by atoms with E-state index in [1.54, 1.807) is 20.8 Å². The van der Waals surface area contributed by atoms with Crippen LogP contribution in [0.3, 0.4) is 0 Å². The van der Waals surface area contributed by atoms with Crippen molar-refractivity contribution in [2.75, 3.05) is 5.88 Å². The summed E-state index contributed by atoms with van der Waals surface area (Å²) in [4.78, 5) is 22.2. The van der Waals surface area contributed by atoms with Crippen molar-refractivity contribution < 1.29 is 14.3 Å². The van der Waals surface area contributed by atoms with Crippen LogP contribution in [0.5, 0.6) is 0 Å². The molecule has 4 heteroatoms. The van der Waals surface area contributed by atoms with E-state index in [2.05, 4.69) is 0 Å². The first-order valence-corrected chi connectivity index (χ1v) is 4.62. The Bertz CT molecular complexity index is 205. The monoisotopic (exact) mass is 206 g/mol. The molecule has 0 N–H and O–H groups in total. The number of halogens is 1. The second-order valence-electron chi connectivity index (χ2n) is 3.90. The summed E-state index contributed by atoms with van der Waals surface area (Å²) in [5.74, 6) is -0.795. The fraction of sp³-hybridized carbons (Fsp3) is 0.778. The van der Waals surface area contributed by atoms with E-state index in [9.17, 15) is 9.59 Å². The average molecular weight is 207 g/mol. The second-order valence-corrected chi connectivity index (χ2v) is 4.16.